The quantitative estimate of drug-likeness (QED) is 0.625. The third-order valence-electron chi connectivity index (χ3n) is 4.12. The molecule has 122 valence electrons. The number of rotatable bonds is 6. The van der Waals surface area contributed by atoms with Gasteiger partial charge in [0.05, 0.1) is 0 Å². The number of hydrogen-bond acceptors (Lipinski definition) is 2. The van der Waals surface area contributed by atoms with Crippen molar-refractivity contribution in [2.45, 2.75) is 26.2 Å². The summed E-state index contributed by atoms with van der Waals surface area (Å²) in [6, 6.07) is 10.6. The molecule has 1 aromatic rings. The number of nitrogens with zero attached hydrogens (tertiary/aromatic N) is 2. The first-order valence-electron chi connectivity index (χ1n) is 8.52. The van der Waals surface area contributed by atoms with E-state index < -0.39 is 0 Å². The van der Waals surface area contributed by atoms with E-state index in [4.69, 9.17) is 4.99 Å². The van der Waals surface area contributed by atoms with Gasteiger partial charge in [-0.2, -0.15) is 0 Å². The van der Waals surface area contributed by atoms with Crippen LogP contribution >= 0.6 is 0 Å². The molecule has 2 rings (SSSR count). The van der Waals surface area contributed by atoms with E-state index in [-0.39, 0.29) is 0 Å². The first-order valence-corrected chi connectivity index (χ1v) is 8.52. The molecule has 0 bridgehead atoms. The summed E-state index contributed by atoms with van der Waals surface area (Å²) in [6.07, 6.45) is 3.63. The van der Waals surface area contributed by atoms with Crippen molar-refractivity contribution in [3.05, 3.63) is 35.9 Å². The average molecular weight is 302 g/mol. The maximum atomic E-state index is 4.77. The maximum absolute atomic E-state index is 4.77. The predicted molar refractivity (Wildman–Crippen MR) is 94.3 cm³/mol. The zero-order valence-corrected chi connectivity index (χ0v) is 14.0. The van der Waals surface area contributed by atoms with Gasteiger partial charge in [-0.3, -0.25) is 4.99 Å². The topological polar surface area (TPSA) is 39.7 Å². The first kappa shape index (κ1) is 16.8. The van der Waals surface area contributed by atoms with Crippen LogP contribution in [-0.2, 0) is 6.42 Å². The van der Waals surface area contributed by atoms with Gasteiger partial charge >= 0.3 is 0 Å². The fourth-order valence-corrected chi connectivity index (χ4v) is 2.95. The molecule has 1 aliphatic rings. The number of nitrogens with one attached hydrogen (secondary N) is 2. The minimum absolute atomic E-state index is 0.698. The van der Waals surface area contributed by atoms with E-state index in [1.54, 1.807) is 0 Å². The summed E-state index contributed by atoms with van der Waals surface area (Å²) in [5.41, 5.74) is 1.36. The van der Waals surface area contributed by atoms with E-state index in [2.05, 4.69) is 59.8 Å². The summed E-state index contributed by atoms with van der Waals surface area (Å²) in [5, 5.41) is 6.79. The van der Waals surface area contributed by atoms with Gasteiger partial charge in [0.1, 0.15) is 0 Å². The van der Waals surface area contributed by atoms with E-state index in [0.29, 0.717) is 5.92 Å². The van der Waals surface area contributed by atoms with Crippen LogP contribution < -0.4 is 10.6 Å². The summed E-state index contributed by atoms with van der Waals surface area (Å²) < 4.78 is 0. The van der Waals surface area contributed by atoms with Crippen LogP contribution in [0.2, 0.25) is 0 Å². The molecule has 0 aromatic heterocycles. The van der Waals surface area contributed by atoms with Crippen LogP contribution in [0.4, 0.5) is 0 Å². The second kappa shape index (κ2) is 9.46. The molecule has 1 aliphatic heterocycles. The Morgan fingerprint density at radius 2 is 2.09 bits per heavy atom. The lowest BCUT2D eigenvalue weighted by molar-refractivity contribution is 0.214. The van der Waals surface area contributed by atoms with Crippen molar-refractivity contribution in [1.82, 2.24) is 15.5 Å². The molecule has 0 aliphatic carbocycles. The van der Waals surface area contributed by atoms with Crippen LogP contribution in [0.5, 0.6) is 0 Å². The van der Waals surface area contributed by atoms with Gasteiger partial charge in [-0.25, -0.2) is 0 Å². The van der Waals surface area contributed by atoms with Gasteiger partial charge in [0, 0.05) is 26.2 Å². The summed E-state index contributed by atoms with van der Waals surface area (Å²) in [6.45, 7) is 7.26. The molecule has 0 spiro atoms. The Morgan fingerprint density at radius 1 is 1.27 bits per heavy atom. The van der Waals surface area contributed by atoms with Crippen LogP contribution in [0.1, 0.15) is 25.3 Å². The Labute approximate surface area is 135 Å². The number of guanidine groups is 1. The maximum Gasteiger partial charge on any atom is 0.191 e. The molecule has 4 heteroatoms. The van der Waals surface area contributed by atoms with E-state index in [1.807, 2.05) is 0 Å². The van der Waals surface area contributed by atoms with Crippen LogP contribution in [0.15, 0.2) is 35.3 Å². The Bertz CT molecular complexity index is 444. The Hall–Kier alpha value is -1.55. The van der Waals surface area contributed by atoms with E-state index >= 15 is 0 Å². The highest BCUT2D eigenvalue weighted by atomic mass is 15.2. The third kappa shape index (κ3) is 6.06. The molecule has 1 heterocycles. The molecule has 1 atom stereocenters. The molecule has 2 N–H and O–H groups in total. The van der Waals surface area contributed by atoms with Crippen molar-refractivity contribution in [2.24, 2.45) is 10.9 Å². The van der Waals surface area contributed by atoms with Gasteiger partial charge in [0.25, 0.3) is 0 Å². The van der Waals surface area contributed by atoms with E-state index in [0.717, 1.165) is 32.0 Å². The van der Waals surface area contributed by atoms with Crippen molar-refractivity contribution < 1.29 is 0 Å². The number of piperidine rings is 1. The zero-order chi connectivity index (χ0) is 15.6. The van der Waals surface area contributed by atoms with E-state index in [1.165, 1.54) is 31.5 Å². The number of benzene rings is 1. The Morgan fingerprint density at radius 3 is 2.82 bits per heavy atom. The highest BCUT2D eigenvalue weighted by Crippen LogP contribution is 2.14. The molecule has 1 saturated heterocycles. The highest BCUT2D eigenvalue weighted by molar-refractivity contribution is 5.79. The summed E-state index contributed by atoms with van der Waals surface area (Å²) in [5.74, 6) is 1.65. The Balaban J connectivity index is 1.77. The molecular formula is C18H30N4. The second-order valence-corrected chi connectivity index (χ2v) is 6.15. The lowest BCUT2D eigenvalue weighted by Crippen LogP contribution is -2.39. The number of hydrogen-bond donors (Lipinski definition) is 2. The third-order valence-corrected chi connectivity index (χ3v) is 4.12. The minimum Gasteiger partial charge on any atom is -0.357 e. The van der Waals surface area contributed by atoms with Crippen LogP contribution in [-0.4, -0.2) is 50.6 Å². The van der Waals surface area contributed by atoms with Crippen molar-refractivity contribution in [2.75, 3.05) is 39.8 Å². The lowest BCUT2D eigenvalue weighted by Gasteiger charge is -2.28. The predicted octanol–water partition coefficient (Wildman–Crippen LogP) is 2.13. The van der Waals surface area contributed by atoms with Crippen LogP contribution in [0.3, 0.4) is 0 Å². The molecule has 0 amide bonds. The molecule has 0 saturated carbocycles. The average Bonchev–Trinajstić information content (AvgIpc) is 2.54. The summed E-state index contributed by atoms with van der Waals surface area (Å²) in [4.78, 5) is 7.19. The van der Waals surface area contributed by atoms with Gasteiger partial charge in [0.15, 0.2) is 5.96 Å². The lowest BCUT2D eigenvalue weighted by atomic mass is 9.99. The molecule has 22 heavy (non-hydrogen) atoms. The number of aliphatic imine (C=N–C) groups is 1. The van der Waals surface area contributed by atoms with Crippen molar-refractivity contribution in [1.29, 1.82) is 0 Å². The monoisotopic (exact) mass is 302 g/mol. The van der Waals surface area contributed by atoms with Crippen LogP contribution in [0.25, 0.3) is 0 Å². The SMILES string of the molecule is CCNC(=NCC1CCCN(C)C1)NCCc1ccccc1. The van der Waals surface area contributed by atoms with E-state index in [9.17, 15) is 0 Å². The largest absolute Gasteiger partial charge is 0.357 e. The van der Waals surface area contributed by atoms with Gasteiger partial charge < -0.3 is 15.5 Å². The van der Waals surface area contributed by atoms with Gasteiger partial charge in [-0.05, 0) is 51.3 Å². The highest BCUT2D eigenvalue weighted by Gasteiger charge is 2.16. The van der Waals surface area contributed by atoms with Gasteiger partial charge in [-0.1, -0.05) is 30.3 Å². The fourth-order valence-electron chi connectivity index (χ4n) is 2.95. The van der Waals surface area contributed by atoms with Gasteiger partial charge in [0.2, 0.25) is 0 Å². The number of likely N-dealkylation sites (tertiary alicyclic amines) is 1. The Kier molecular flexibility index (Phi) is 7.23. The minimum atomic E-state index is 0.698. The summed E-state index contributed by atoms with van der Waals surface area (Å²) >= 11 is 0. The standard InChI is InChI=1S/C18H30N4/c1-3-19-18(20-12-11-16-8-5-4-6-9-16)21-14-17-10-7-13-22(2)15-17/h4-6,8-9,17H,3,7,10-15H2,1-2H3,(H2,19,20,21). The molecule has 0 radical (unpaired) electrons. The molecule has 1 fully saturated rings. The second-order valence-electron chi connectivity index (χ2n) is 6.15. The molecule has 1 unspecified atom stereocenters. The molecule has 1 aromatic carbocycles. The zero-order valence-electron chi connectivity index (χ0n) is 14.0. The molecule has 4 nitrogen and oxygen atoms in total. The van der Waals surface area contributed by atoms with Crippen LogP contribution in [0, 0.1) is 5.92 Å². The normalized spacial score (nSPS) is 19.9. The van der Waals surface area contributed by atoms with Crippen molar-refractivity contribution in [3.8, 4) is 0 Å². The van der Waals surface area contributed by atoms with Gasteiger partial charge in [-0.15, -0.1) is 0 Å². The van der Waals surface area contributed by atoms with Crippen molar-refractivity contribution in [3.63, 3.8) is 0 Å². The molecular weight excluding hydrogens is 272 g/mol. The first-order chi connectivity index (χ1) is 10.8. The fraction of sp³-hybridized carbons (Fsp3) is 0.611. The summed E-state index contributed by atoms with van der Waals surface area (Å²) in [7, 11) is 2.21. The van der Waals surface area contributed by atoms with Crippen molar-refractivity contribution >= 4 is 5.96 Å². The smallest absolute Gasteiger partial charge is 0.191 e.